The van der Waals surface area contributed by atoms with Gasteiger partial charge in [-0.1, -0.05) is 24.4 Å². The van der Waals surface area contributed by atoms with E-state index < -0.39 is 0 Å². The van der Waals surface area contributed by atoms with Gasteiger partial charge in [-0.2, -0.15) is 5.10 Å². The molecule has 1 amide bonds. The number of rotatable bonds is 3. The van der Waals surface area contributed by atoms with Crippen LogP contribution < -0.4 is 11.1 Å². The summed E-state index contributed by atoms with van der Waals surface area (Å²) < 4.78 is 1.52. The largest absolute Gasteiger partial charge is 0.389 e. The highest BCUT2D eigenvalue weighted by Gasteiger charge is 2.12. The topological polar surface area (TPSA) is 72.9 Å². The van der Waals surface area contributed by atoms with Crippen LogP contribution in [0.1, 0.15) is 21.6 Å². The number of hydrogen-bond donors (Lipinski definition) is 2. The monoisotopic (exact) mass is 274 g/mol. The van der Waals surface area contributed by atoms with Crippen LogP contribution in [0.2, 0.25) is 0 Å². The lowest BCUT2D eigenvalue weighted by atomic mass is 10.1. The molecule has 0 saturated carbocycles. The first-order valence-corrected chi connectivity index (χ1v) is 6.09. The summed E-state index contributed by atoms with van der Waals surface area (Å²) in [6.45, 7) is 1.90. The molecule has 6 heteroatoms. The summed E-state index contributed by atoms with van der Waals surface area (Å²) >= 11 is 4.93. The molecule has 2 aromatic rings. The summed E-state index contributed by atoms with van der Waals surface area (Å²) in [6.07, 6.45) is 1.58. The number of aromatic nitrogens is 2. The van der Waals surface area contributed by atoms with E-state index in [1.54, 1.807) is 25.4 Å². The lowest BCUT2D eigenvalue weighted by Gasteiger charge is -2.10. The molecule has 0 aliphatic rings. The van der Waals surface area contributed by atoms with Gasteiger partial charge in [-0.3, -0.25) is 9.48 Å². The molecule has 0 aliphatic carbocycles. The second-order valence-corrected chi connectivity index (χ2v) is 4.63. The number of carbonyl (C=O) groups excluding carboxylic acids is 1. The number of anilines is 1. The third kappa shape index (κ3) is 2.79. The van der Waals surface area contributed by atoms with Gasteiger partial charge in [0.15, 0.2) is 0 Å². The van der Waals surface area contributed by atoms with Crippen LogP contribution in [-0.2, 0) is 7.05 Å². The Hall–Kier alpha value is -2.21. The van der Waals surface area contributed by atoms with Crippen molar-refractivity contribution in [3.63, 3.8) is 0 Å². The van der Waals surface area contributed by atoms with Gasteiger partial charge in [0.2, 0.25) is 0 Å². The molecule has 0 saturated heterocycles. The van der Waals surface area contributed by atoms with Crippen LogP contribution in [0.15, 0.2) is 30.5 Å². The number of aryl methyl sites for hydroxylation is 2. The quantitative estimate of drug-likeness (QED) is 0.834. The second-order valence-electron chi connectivity index (χ2n) is 4.19. The standard InChI is InChI=1S/C13H14N4OS/c1-8-3-4-9(12(14)19)7-10(8)16-13(18)11-5-6-15-17(11)2/h3-7H,1-2H3,(H2,14,19)(H,16,18). The Morgan fingerprint density at radius 3 is 2.74 bits per heavy atom. The molecular weight excluding hydrogens is 260 g/mol. The normalized spacial score (nSPS) is 10.2. The first-order chi connectivity index (χ1) is 8.99. The number of amides is 1. The Kier molecular flexibility index (Phi) is 3.62. The molecule has 1 heterocycles. The van der Waals surface area contributed by atoms with Gasteiger partial charge >= 0.3 is 0 Å². The van der Waals surface area contributed by atoms with E-state index in [9.17, 15) is 4.79 Å². The SMILES string of the molecule is Cc1ccc(C(N)=S)cc1NC(=O)c1ccnn1C. The molecule has 0 fully saturated rings. The number of thiocarbonyl (C=S) groups is 1. The fourth-order valence-corrected chi connectivity index (χ4v) is 1.82. The van der Waals surface area contributed by atoms with Crippen LogP contribution >= 0.6 is 12.2 Å². The maximum absolute atomic E-state index is 12.1. The molecule has 0 bridgehead atoms. The minimum Gasteiger partial charge on any atom is -0.389 e. The predicted molar refractivity (Wildman–Crippen MR) is 78.2 cm³/mol. The minimum absolute atomic E-state index is 0.219. The van der Waals surface area contributed by atoms with Crippen molar-refractivity contribution in [2.45, 2.75) is 6.92 Å². The summed E-state index contributed by atoms with van der Waals surface area (Å²) in [4.78, 5) is 12.4. The van der Waals surface area contributed by atoms with Gasteiger partial charge in [-0.15, -0.1) is 0 Å². The van der Waals surface area contributed by atoms with Crippen molar-refractivity contribution in [2.24, 2.45) is 12.8 Å². The molecule has 5 nitrogen and oxygen atoms in total. The van der Waals surface area contributed by atoms with Crippen molar-refractivity contribution in [1.82, 2.24) is 9.78 Å². The maximum atomic E-state index is 12.1. The van der Waals surface area contributed by atoms with Crippen molar-refractivity contribution >= 4 is 28.8 Å². The predicted octanol–water partition coefficient (Wildman–Crippen LogP) is 1.62. The Morgan fingerprint density at radius 1 is 1.42 bits per heavy atom. The second kappa shape index (κ2) is 5.19. The van der Waals surface area contributed by atoms with E-state index >= 15 is 0 Å². The van der Waals surface area contributed by atoms with Gasteiger partial charge in [-0.25, -0.2) is 0 Å². The number of carbonyl (C=O) groups is 1. The number of benzene rings is 1. The summed E-state index contributed by atoms with van der Waals surface area (Å²) in [5.41, 5.74) is 8.43. The van der Waals surface area contributed by atoms with Gasteiger partial charge in [0, 0.05) is 24.5 Å². The van der Waals surface area contributed by atoms with E-state index in [-0.39, 0.29) is 5.91 Å². The van der Waals surface area contributed by atoms with Crippen LogP contribution in [-0.4, -0.2) is 20.7 Å². The zero-order valence-electron chi connectivity index (χ0n) is 10.7. The Balaban J connectivity index is 2.28. The molecule has 0 atom stereocenters. The fraction of sp³-hybridized carbons (Fsp3) is 0.154. The number of nitrogens with zero attached hydrogens (tertiary/aromatic N) is 2. The highest BCUT2D eigenvalue weighted by Crippen LogP contribution is 2.17. The van der Waals surface area contributed by atoms with E-state index in [1.165, 1.54) is 4.68 Å². The van der Waals surface area contributed by atoms with Crippen molar-refractivity contribution in [2.75, 3.05) is 5.32 Å². The fourth-order valence-electron chi connectivity index (χ4n) is 1.69. The van der Waals surface area contributed by atoms with Crippen LogP contribution in [0.4, 0.5) is 5.69 Å². The molecule has 0 radical (unpaired) electrons. The van der Waals surface area contributed by atoms with Crippen LogP contribution in [0.25, 0.3) is 0 Å². The zero-order valence-corrected chi connectivity index (χ0v) is 11.5. The lowest BCUT2D eigenvalue weighted by molar-refractivity contribution is 0.101. The third-order valence-electron chi connectivity index (χ3n) is 2.82. The van der Waals surface area contributed by atoms with E-state index in [0.717, 1.165) is 11.1 Å². The summed E-state index contributed by atoms with van der Waals surface area (Å²) in [5.74, 6) is -0.219. The smallest absolute Gasteiger partial charge is 0.273 e. The van der Waals surface area contributed by atoms with E-state index in [1.807, 2.05) is 19.1 Å². The minimum atomic E-state index is -0.219. The molecule has 2 rings (SSSR count). The Bertz CT molecular complexity index is 648. The number of nitrogens with one attached hydrogen (secondary N) is 1. The van der Waals surface area contributed by atoms with Gasteiger partial charge in [0.1, 0.15) is 10.7 Å². The third-order valence-corrected chi connectivity index (χ3v) is 3.06. The summed E-state index contributed by atoms with van der Waals surface area (Å²) in [7, 11) is 1.72. The Morgan fingerprint density at radius 2 is 2.16 bits per heavy atom. The first-order valence-electron chi connectivity index (χ1n) is 5.69. The van der Waals surface area contributed by atoms with Crippen molar-refractivity contribution in [3.05, 3.63) is 47.3 Å². The van der Waals surface area contributed by atoms with Crippen molar-refractivity contribution < 1.29 is 4.79 Å². The molecule has 0 unspecified atom stereocenters. The average Bonchev–Trinajstić information content (AvgIpc) is 2.78. The molecule has 1 aromatic carbocycles. The molecule has 0 aliphatic heterocycles. The van der Waals surface area contributed by atoms with Gasteiger partial charge < -0.3 is 11.1 Å². The van der Waals surface area contributed by atoms with Gasteiger partial charge in [-0.05, 0) is 24.6 Å². The van der Waals surface area contributed by atoms with Crippen LogP contribution in [0.5, 0.6) is 0 Å². The first kappa shape index (κ1) is 13.2. The van der Waals surface area contributed by atoms with E-state index in [0.29, 0.717) is 16.4 Å². The van der Waals surface area contributed by atoms with E-state index in [4.69, 9.17) is 18.0 Å². The van der Waals surface area contributed by atoms with Crippen LogP contribution in [0, 0.1) is 6.92 Å². The molecule has 19 heavy (non-hydrogen) atoms. The molecule has 3 N–H and O–H groups in total. The number of hydrogen-bond acceptors (Lipinski definition) is 3. The highest BCUT2D eigenvalue weighted by atomic mass is 32.1. The number of nitrogens with two attached hydrogens (primary N) is 1. The van der Waals surface area contributed by atoms with E-state index in [2.05, 4.69) is 10.4 Å². The lowest BCUT2D eigenvalue weighted by Crippen LogP contribution is -2.17. The average molecular weight is 274 g/mol. The molecule has 1 aromatic heterocycles. The summed E-state index contributed by atoms with van der Waals surface area (Å²) in [5, 5.41) is 6.80. The molecule has 98 valence electrons. The van der Waals surface area contributed by atoms with Crippen LogP contribution in [0.3, 0.4) is 0 Å². The van der Waals surface area contributed by atoms with Gasteiger partial charge in [0.05, 0.1) is 0 Å². The zero-order chi connectivity index (χ0) is 14.0. The molecule has 0 spiro atoms. The molecular formula is C13H14N4OS. The Labute approximate surface area is 116 Å². The van der Waals surface area contributed by atoms with Crippen molar-refractivity contribution in [1.29, 1.82) is 0 Å². The van der Waals surface area contributed by atoms with Crippen molar-refractivity contribution in [3.8, 4) is 0 Å². The van der Waals surface area contributed by atoms with Gasteiger partial charge in [0.25, 0.3) is 5.91 Å². The summed E-state index contributed by atoms with van der Waals surface area (Å²) in [6, 6.07) is 7.12. The highest BCUT2D eigenvalue weighted by molar-refractivity contribution is 7.80. The maximum Gasteiger partial charge on any atom is 0.273 e.